The van der Waals surface area contributed by atoms with Gasteiger partial charge in [-0.15, -0.1) is 0 Å². The van der Waals surface area contributed by atoms with E-state index in [1.54, 1.807) is 7.11 Å². The first-order valence-electron chi connectivity index (χ1n) is 7.75. The lowest BCUT2D eigenvalue weighted by molar-refractivity contribution is -0.121. The third-order valence-electron chi connectivity index (χ3n) is 3.58. The second kappa shape index (κ2) is 10.2. The van der Waals surface area contributed by atoms with Crippen LogP contribution < -0.4 is 15.8 Å². The van der Waals surface area contributed by atoms with E-state index in [1.807, 2.05) is 19.1 Å². The van der Waals surface area contributed by atoms with Gasteiger partial charge in [0.2, 0.25) is 5.91 Å². The van der Waals surface area contributed by atoms with Crippen LogP contribution in [0, 0.1) is 5.92 Å². The summed E-state index contributed by atoms with van der Waals surface area (Å²) in [6, 6.07) is 8.17. The molecule has 1 unspecified atom stereocenters. The predicted molar refractivity (Wildman–Crippen MR) is 86.4 cm³/mol. The quantitative estimate of drug-likeness (QED) is 0.651. The molecule has 0 saturated heterocycles. The molecule has 4 nitrogen and oxygen atoms in total. The molecule has 3 N–H and O–H groups in total. The smallest absolute Gasteiger partial charge is 0.220 e. The Bertz CT molecular complexity index is 404. The van der Waals surface area contributed by atoms with Gasteiger partial charge in [0.05, 0.1) is 7.11 Å². The molecule has 0 bridgehead atoms. The molecule has 4 heteroatoms. The van der Waals surface area contributed by atoms with Crippen LogP contribution in [0.3, 0.4) is 0 Å². The molecule has 0 aliphatic rings. The number of ether oxygens (including phenoxy) is 1. The first-order valence-corrected chi connectivity index (χ1v) is 7.75. The molecule has 21 heavy (non-hydrogen) atoms. The van der Waals surface area contributed by atoms with Gasteiger partial charge < -0.3 is 15.8 Å². The first-order chi connectivity index (χ1) is 10.2. The fourth-order valence-electron chi connectivity index (χ4n) is 2.04. The van der Waals surface area contributed by atoms with E-state index < -0.39 is 0 Å². The van der Waals surface area contributed by atoms with Crippen molar-refractivity contribution in [1.82, 2.24) is 5.32 Å². The number of unbranched alkanes of at least 4 members (excludes halogenated alkanes) is 2. The topological polar surface area (TPSA) is 64.3 Å². The largest absolute Gasteiger partial charge is 0.497 e. The molecular weight excluding hydrogens is 264 g/mol. The summed E-state index contributed by atoms with van der Waals surface area (Å²) < 4.78 is 5.13. The van der Waals surface area contributed by atoms with Gasteiger partial charge >= 0.3 is 0 Å². The Morgan fingerprint density at radius 3 is 2.57 bits per heavy atom. The summed E-state index contributed by atoms with van der Waals surface area (Å²) in [6.45, 7) is 3.33. The van der Waals surface area contributed by atoms with Crippen molar-refractivity contribution in [3.8, 4) is 5.75 Å². The minimum Gasteiger partial charge on any atom is -0.497 e. The van der Waals surface area contributed by atoms with Crippen LogP contribution in [0.15, 0.2) is 24.3 Å². The van der Waals surface area contributed by atoms with Gasteiger partial charge in [-0.3, -0.25) is 4.79 Å². The molecule has 0 heterocycles. The number of nitrogens with one attached hydrogen (secondary N) is 1. The monoisotopic (exact) mass is 292 g/mol. The Morgan fingerprint density at radius 1 is 1.24 bits per heavy atom. The fraction of sp³-hybridized carbons (Fsp3) is 0.588. The first kappa shape index (κ1) is 17.5. The Kier molecular flexibility index (Phi) is 8.51. The molecule has 1 rings (SSSR count). The summed E-state index contributed by atoms with van der Waals surface area (Å²) in [5.41, 5.74) is 6.83. The van der Waals surface area contributed by atoms with E-state index >= 15 is 0 Å². The molecule has 1 aromatic rings. The van der Waals surface area contributed by atoms with E-state index in [0.717, 1.165) is 31.4 Å². The maximum atomic E-state index is 11.6. The number of amides is 1. The van der Waals surface area contributed by atoms with E-state index in [4.69, 9.17) is 10.5 Å². The zero-order chi connectivity index (χ0) is 15.5. The number of carbonyl (C=O) groups excluding carboxylic acids is 1. The zero-order valence-corrected chi connectivity index (χ0v) is 13.2. The second-order valence-corrected chi connectivity index (χ2v) is 5.55. The van der Waals surface area contributed by atoms with Crippen LogP contribution in [0.25, 0.3) is 0 Å². The summed E-state index contributed by atoms with van der Waals surface area (Å²) in [6.07, 6.45) is 4.79. The van der Waals surface area contributed by atoms with Gasteiger partial charge in [0, 0.05) is 13.0 Å². The van der Waals surface area contributed by atoms with Crippen molar-refractivity contribution in [3.63, 3.8) is 0 Å². The number of carbonyl (C=O) groups is 1. The van der Waals surface area contributed by atoms with Crippen LogP contribution in [0.4, 0.5) is 0 Å². The van der Waals surface area contributed by atoms with E-state index in [1.165, 1.54) is 5.56 Å². The van der Waals surface area contributed by atoms with Crippen molar-refractivity contribution in [1.29, 1.82) is 0 Å². The summed E-state index contributed by atoms with van der Waals surface area (Å²) in [7, 11) is 1.67. The number of hydrogen-bond donors (Lipinski definition) is 2. The molecule has 1 aromatic carbocycles. The summed E-state index contributed by atoms with van der Waals surface area (Å²) in [5, 5.41) is 2.92. The number of aryl methyl sites for hydroxylation is 1. The minimum absolute atomic E-state index is 0.139. The average Bonchev–Trinajstić information content (AvgIpc) is 2.52. The molecule has 0 radical (unpaired) electrons. The molecule has 0 aliphatic heterocycles. The van der Waals surface area contributed by atoms with Gasteiger partial charge in [-0.1, -0.05) is 25.5 Å². The van der Waals surface area contributed by atoms with Gasteiger partial charge in [-0.2, -0.15) is 0 Å². The number of hydrogen-bond acceptors (Lipinski definition) is 3. The van der Waals surface area contributed by atoms with E-state index in [9.17, 15) is 4.79 Å². The Hall–Kier alpha value is -1.55. The van der Waals surface area contributed by atoms with E-state index in [2.05, 4.69) is 17.4 Å². The highest BCUT2D eigenvalue weighted by Crippen LogP contribution is 2.13. The van der Waals surface area contributed by atoms with Crippen molar-refractivity contribution < 1.29 is 9.53 Å². The van der Waals surface area contributed by atoms with E-state index in [0.29, 0.717) is 25.4 Å². The van der Waals surface area contributed by atoms with Crippen molar-refractivity contribution >= 4 is 5.91 Å². The lowest BCUT2D eigenvalue weighted by Crippen LogP contribution is -2.31. The van der Waals surface area contributed by atoms with Crippen LogP contribution in [0.2, 0.25) is 0 Å². The van der Waals surface area contributed by atoms with Gasteiger partial charge in [-0.25, -0.2) is 0 Å². The molecule has 1 atom stereocenters. The summed E-state index contributed by atoms with van der Waals surface area (Å²) >= 11 is 0. The number of benzene rings is 1. The number of rotatable bonds is 10. The van der Waals surface area contributed by atoms with Crippen molar-refractivity contribution in [2.45, 2.75) is 39.0 Å². The number of methoxy groups -OCH3 is 1. The van der Waals surface area contributed by atoms with Gasteiger partial charge in [0.15, 0.2) is 0 Å². The highest BCUT2D eigenvalue weighted by Gasteiger charge is 2.04. The maximum Gasteiger partial charge on any atom is 0.220 e. The zero-order valence-electron chi connectivity index (χ0n) is 13.2. The predicted octanol–water partition coefficient (Wildman–Crippen LogP) is 2.51. The third-order valence-corrected chi connectivity index (χ3v) is 3.58. The van der Waals surface area contributed by atoms with Crippen molar-refractivity contribution in [2.24, 2.45) is 11.7 Å². The summed E-state index contributed by atoms with van der Waals surface area (Å²) in [4.78, 5) is 11.6. The molecule has 0 aliphatic carbocycles. The van der Waals surface area contributed by atoms with Gasteiger partial charge in [-0.05, 0) is 49.4 Å². The van der Waals surface area contributed by atoms with Crippen LogP contribution in [0.5, 0.6) is 5.75 Å². The highest BCUT2D eigenvalue weighted by molar-refractivity contribution is 5.75. The highest BCUT2D eigenvalue weighted by atomic mass is 16.5. The molecular formula is C17H28N2O2. The second-order valence-electron chi connectivity index (χ2n) is 5.55. The number of nitrogens with two attached hydrogens (primary N) is 1. The fourth-order valence-corrected chi connectivity index (χ4v) is 2.04. The molecule has 0 aromatic heterocycles. The summed E-state index contributed by atoms with van der Waals surface area (Å²) in [5.74, 6) is 1.38. The van der Waals surface area contributed by atoms with Crippen LogP contribution in [0.1, 0.15) is 38.2 Å². The molecule has 118 valence electrons. The Morgan fingerprint density at radius 2 is 1.95 bits per heavy atom. The molecule has 0 spiro atoms. The van der Waals surface area contributed by atoms with Crippen LogP contribution in [-0.4, -0.2) is 26.1 Å². The Labute approximate surface area is 128 Å². The third kappa shape index (κ3) is 7.71. The Balaban J connectivity index is 2.07. The molecule has 1 amide bonds. The molecule has 0 fully saturated rings. The lowest BCUT2D eigenvalue weighted by Gasteiger charge is -2.09. The molecule has 0 saturated carbocycles. The minimum atomic E-state index is 0.139. The van der Waals surface area contributed by atoms with E-state index in [-0.39, 0.29) is 5.91 Å². The average molecular weight is 292 g/mol. The lowest BCUT2D eigenvalue weighted by atomic mass is 10.1. The van der Waals surface area contributed by atoms with Crippen molar-refractivity contribution in [2.75, 3.05) is 20.2 Å². The SMILES string of the molecule is COc1ccc(CCCCCC(=O)NCC(C)CN)cc1. The van der Waals surface area contributed by atoms with Crippen molar-refractivity contribution in [3.05, 3.63) is 29.8 Å². The van der Waals surface area contributed by atoms with Crippen LogP contribution >= 0.6 is 0 Å². The van der Waals surface area contributed by atoms with Crippen LogP contribution in [-0.2, 0) is 11.2 Å². The van der Waals surface area contributed by atoms with Gasteiger partial charge in [0.25, 0.3) is 0 Å². The standard InChI is InChI=1S/C17H28N2O2/c1-14(12-18)13-19-17(20)7-5-3-4-6-15-8-10-16(21-2)11-9-15/h8-11,14H,3-7,12-13,18H2,1-2H3,(H,19,20). The maximum absolute atomic E-state index is 11.6. The normalized spacial score (nSPS) is 12.0. The van der Waals surface area contributed by atoms with Gasteiger partial charge in [0.1, 0.15) is 5.75 Å².